The van der Waals surface area contributed by atoms with Gasteiger partial charge in [-0.05, 0) is 25.2 Å². The first-order valence-electron chi connectivity index (χ1n) is 10.4. The van der Waals surface area contributed by atoms with E-state index in [4.69, 9.17) is 0 Å². The van der Waals surface area contributed by atoms with Gasteiger partial charge >= 0.3 is 0 Å². The third kappa shape index (κ3) is 6.09. The number of guanidine groups is 1. The van der Waals surface area contributed by atoms with Gasteiger partial charge in [0.25, 0.3) is 0 Å². The highest BCUT2D eigenvalue weighted by atomic mass is 127. The number of piperidine rings is 1. The van der Waals surface area contributed by atoms with E-state index < -0.39 is 0 Å². The average Bonchev–Trinajstić information content (AvgIpc) is 3.24. The number of amides is 1. The van der Waals surface area contributed by atoms with Crippen LogP contribution in [0.1, 0.15) is 51.5 Å². The number of carbonyl (C=O) groups is 1. The van der Waals surface area contributed by atoms with Gasteiger partial charge < -0.3 is 20.1 Å². The number of carbonyl (C=O) groups excluding carboxylic acids is 1. The molecule has 7 nitrogen and oxygen atoms in total. The number of rotatable bonds is 5. The molecule has 1 amide bonds. The van der Waals surface area contributed by atoms with E-state index in [0.29, 0.717) is 25.0 Å². The van der Waals surface area contributed by atoms with Gasteiger partial charge in [0.1, 0.15) is 0 Å². The van der Waals surface area contributed by atoms with Crippen LogP contribution < -0.4 is 10.6 Å². The zero-order valence-corrected chi connectivity index (χ0v) is 19.5. The van der Waals surface area contributed by atoms with Gasteiger partial charge in [0.15, 0.2) is 5.96 Å². The lowest BCUT2D eigenvalue weighted by atomic mass is 9.89. The highest BCUT2D eigenvalue weighted by Gasteiger charge is 2.28. The van der Waals surface area contributed by atoms with Crippen LogP contribution >= 0.6 is 24.0 Å². The Morgan fingerprint density at radius 3 is 2.61 bits per heavy atom. The summed E-state index contributed by atoms with van der Waals surface area (Å²) in [6, 6.07) is 0.408. The Morgan fingerprint density at radius 2 is 1.93 bits per heavy atom. The van der Waals surface area contributed by atoms with Crippen molar-refractivity contribution in [3.05, 3.63) is 18.7 Å². The van der Waals surface area contributed by atoms with Crippen LogP contribution in [0.25, 0.3) is 0 Å². The Kier molecular flexibility index (Phi) is 9.53. The first-order valence-corrected chi connectivity index (χ1v) is 10.4. The summed E-state index contributed by atoms with van der Waals surface area (Å²) < 4.78 is 2.20. The van der Waals surface area contributed by atoms with Crippen molar-refractivity contribution in [2.45, 2.75) is 51.5 Å². The molecule has 1 saturated carbocycles. The molecule has 0 radical (unpaired) electrons. The topological polar surface area (TPSA) is 74.6 Å². The third-order valence-electron chi connectivity index (χ3n) is 6.02. The van der Waals surface area contributed by atoms with Crippen LogP contribution in [0.15, 0.2) is 23.7 Å². The van der Waals surface area contributed by atoms with Crippen molar-refractivity contribution in [2.24, 2.45) is 16.8 Å². The smallest absolute Gasteiger partial charge is 0.223 e. The summed E-state index contributed by atoms with van der Waals surface area (Å²) in [4.78, 5) is 23.2. The summed E-state index contributed by atoms with van der Waals surface area (Å²) in [6.45, 7) is 5.57. The number of nitrogens with zero attached hydrogens (tertiary/aromatic N) is 4. The van der Waals surface area contributed by atoms with Gasteiger partial charge in [-0.25, -0.2) is 4.98 Å². The Balaban J connectivity index is 0.00000280. The molecule has 2 fully saturated rings. The number of likely N-dealkylation sites (tertiary alicyclic amines) is 1. The zero-order chi connectivity index (χ0) is 19.1. The van der Waals surface area contributed by atoms with Gasteiger partial charge in [-0.1, -0.05) is 26.2 Å². The molecule has 2 aliphatic rings. The monoisotopic (exact) mass is 502 g/mol. The van der Waals surface area contributed by atoms with E-state index in [1.807, 2.05) is 25.8 Å². The molecule has 158 valence electrons. The largest absolute Gasteiger partial charge is 0.354 e. The number of hydrogen-bond donors (Lipinski definition) is 2. The lowest BCUT2D eigenvalue weighted by molar-refractivity contribution is -0.125. The number of hydrogen-bond acceptors (Lipinski definition) is 3. The maximum absolute atomic E-state index is 12.2. The predicted octanol–water partition coefficient (Wildman–Crippen LogP) is 2.66. The Morgan fingerprint density at radius 1 is 1.18 bits per heavy atom. The molecule has 1 aromatic rings. The average molecular weight is 502 g/mol. The SMILES string of the molecule is CN=C(NCCNC(=O)C1CCCCC1)N1CCC(C)C(n2ccnc2)C1.I. The minimum absolute atomic E-state index is 0. The molecule has 3 rings (SSSR count). The summed E-state index contributed by atoms with van der Waals surface area (Å²) in [6.07, 6.45) is 12.7. The number of aliphatic imine (C=N–C) groups is 1. The minimum atomic E-state index is 0. The second-order valence-electron chi connectivity index (χ2n) is 7.89. The Hall–Kier alpha value is -1.32. The summed E-state index contributed by atoms with van der Waals surface area (Å²) in [5.74, 6) is 1.97. The quantitative estimate of drug-likeness (QED) is 0.281. The standard InChI is InChI=1S/C20H34N6O.HI/c1-16-8-12-25(14-18(16)26-13-11-22-15-26)20(21-2)24-10-9-23-19(27)17-6-4-3-5-7-17;/h11,13,15-18H,3-10,12,14H2,1-2H3,(H,21,24)(H,23,27);1H. The number of nitrogens with one attached hydrogen (secondary N) is 2. The highest BCUT2D eigenvalue weighted by Crippen LogP contribution is 2.27. The van der Waals surface area contributed by atoms with Crippen LogP contribution in [0, 0.1) is 11.8 Å². The van der Waals surface area contributed by atoms with Crippen LogP contribution in [0.4, 0.5) is 0 Å². The van der Waals surface area contributed by atoms with Crippen LogP contribution in [0.5, 0.6) is 0 Å². The minimum Gasteiger partial charge on any atom is -0.354 e. The maximum Gasteiger partial charge on any atom is 0.223 e. The van der Waals surface area contributed by atoms with Crippen LogP contribution in [-0.4, -0.2) is 59.5 Å². The number of halogens is 1. The zero-order valence-electron chi connectivity index (χ0n) is 17.1. The van der Waals surface area contributed by atoms with Crippen molar-refractivity contribution in [1.29, 1.82) is 0 Å². The number of imidazole rings is 1. The fourth-order valence-electron chi connectivity index (χ4n) is 4.30. The molecule has 2 unspecified atom stereocenters. The maximum atomic E-state index is 12.2. The van der Waals surface area contributed by atoms with E-state index in [-0.39, 0.29) is 35.8 Å². The van der Waals surface area contributed by atoms with E-state index in [2.05, 4.69) is 37.0 Å². The van der Waals surface area contributed by atoms with Crippen LogP contribution in [-0.2, 0) is 4.79 Å². The van der Waals surface area contributed by atoms with Crippen molar-refractivity contribution in [1.82, 2.24) is 25.1 Å². The molecule has 28 heavy (non-hydrogen) atoms. The van der Waals surface area contributed by atoms with Gasteiger partial charge in [0.2, 0.25) is 5.91 Å². The lowest BCUT2D eigenvalue weighted by Crippen LogP contribution is -2.50. The fourth-order valence-corrected chi connectivity index (χ4v) is 4.30. The van der Waals surface area contributed by atoms with Crippen LogP contribution in [0.2, 0.25) is 0 Å². The van der Waals surface area contributed by atoms with Crippen molar-refractivity contribution >= 4 is 35.8 Å². The second kappa shape index (κ2) is 11.6. The molecule has 2 N–H and O–H groups in total. The molecule has 0 spiro atoms. The van der Waals surface area contributed by atoms with Gasteiger partial charge in [-0.3, -0.25) is 9.79 Å². The first kappa shape index (κ1) is 23.0. The fraction of sp³-hybridized carbons (Fsp3) is 0.750. The second-order valence-corrected chi connectivity index (χ2v) is 7.89. The van der Waals surface area contributed by atoms with Crippen molar-refractivity contribution in [3.8, 4) is 0 Å². The van der Waals surface area contributed by atoms with Crippen LogP contribution in [0.3, 0.4) is 0 Å². The molecule has 2 atom stereocenters. The normalized spacial score (nSPS) is 23.8. The first-order chi connectivity index (χ1) is 13.2. The van der Waals surface area contributed by atoms with Gasteiger partial charge in [0, 0.05) is 51.5 Å². The molecule has 1 aliphatic heterocycles. The summed E-state index contributed by atoms with van der Waals surface area (Å²) in [5, 5.41) is 6.50. The summed E-state index contributed by atoms with van der Waals surface area (Å²) >= 11 is 0. The van der Waals surface area contributed by atoms with E-state index in [1.54, 1.807) is 0 Å². The summed E-state index contributed by atoms with van der Waals surface area (Å²) in [5.41, 5.74) is 0. The van der Waals surface area contributed by atoms with Gasteiger partial charge in [-0.2, -0.15) is 0 Å². The van der Waals surface area contributed by atoms with E-state index in [0.717, 1.165) is 38.3 Å². The van der Waals surface area contributed by atoms with E-state index in [9.17, 15) is 4.79 Å². The van der Waals surface area contributed by atoms with Crippen molar-refractivity contribution in [3.63, 3.8) is 0 Å². The molecule has 2 heterocycles. The Bertz CT molecular complexity index is 614. The molecule has 1 aliphatic carbocycles. The van der Waals surface area contributed by atoms with E-state index in [1.165, 1.54) is 19.3 Å². The van der Waals surface area contributed by atoms with Crippen molar-refractivity contribution < 1.29 is 4.79 Å². The number of aromatic nitrogens is 2. The summed E-state index contributed by atoms with van der Waals surface area (Å²) in [7, 11) is 1.83. The molecular weight excluding hydrogens is 467 g/mol. The predicted molar refractivity (Wildman–Crippen MR) is 123 cm³/mol. The molecule has 0 bridgehead atoms. The van der Waals surface area contributed by atoms with Crippen molar-refractivity contribution in [2.75, 3.05) is 33.2 Å². The van der Waals surface area contributed by atoms with E-state index >= 15 is 0 Å². The molecular formula is C20H35IN6O. The Labute approximate surface area is 185 Å². The molecule has 8 heteroatoms. The molecule has 1 saturated heterocycles. The van der Waals surface area contributed by atoms with Gasteiger partial charge in [0.05, 0.1) is 12.4 Å². The highest BCUT2D eigenvalue weighted by molar-refractivity contribution is 14.0. The van der Waals surface area contributed by atoms with Gasteiger partial charge in [-0.15, -0.1) is 24.0 Å². The lowest BCUT2D eigenvalue weighted by Gasteiger charge is -2.39. The third-order valence-corrected chi connectivity index (χ3v) is 6.02. The molecule has 0 aromatic carbocycles. The molecule has 1 aromatic heterocycles.